The van der Waals surface area contributed by atoms with Gasteiger partial charge in [0.2, 0.25) is 0 Å². The number of carbonyl (C=O) groups is 3. The summed E-state index contributed by atoms with van der Waals surface area (Å²) in [6, 6.07) is -0.232. The number of hydrogen-bond donors (Lipinski definition) is 3. The van der Waals surface area contributed by atoms with Gasteiger partial charge in [0.1, 0.15) is 0 Å². The minimum atomic E-state index is -0.619. The lowest BCUT2D eigenvalue weighted by molar-refractivity contribution is -0.145. The Morgan fingerprint density at radius 1 is 1.10 bits per heavy atom. The lowest BCUT2D eigenvalue weighted by atomic mass is 10.3. The van der Waals surface area contributed by atoms with Gasteiger partial charge >= 0.3 is 17.8 Å². The Hall–Kier alpha value is -1.83. The molecule has 1 aliphatic rings. The summed E-state index contributed by atoms with van der Waals surface area (Å²) in [5.41, 5.74) is 0. The van der Waals surface area contributed by atoms with Crippen LogP contribution >= 0.6 is 0 Å². The Labute approximate surface area is 118 Å². The van der Waals surface area contributed by atoms with Crippen molar-refractivity contribution >= 4 is 17.8 Å². The molecule has 0 unspecified atom stereocenters. The Bertz CT molecular complexity index is 351. The molecule has 20 heavy (non-hydrogen) atoms. The van der Waals surface area contributed by atoms with Gasteiger partial charge < -0.3 is 25.8 Å². The number of rotatable bonds is 3. The fraction of sp³-hybridized carbons (Fsp3) is 0.750. The number of nitrogens with zero attached hydrogens (tertiary/aromatic N) is 2. The fourth-order valence-electron chi connectivity index (χ4n) is 1.77. The molecule has 0 spiro atoms. The maximum atomic E-state index is 11.9. The number of hydrogen-bond acceptors (Lipinski definition) is 4. The predicted molar refractivity (Wildman–Crippen MR) is 74.2 cm³/mol. The topological polar surface area (TPSA) is 93.8 Å². The molecule has 0 saturated carbocycles. The van der Waals surface area contributed by atoms with Crippen LogP contribution in [0.2, 0.25) is 0 Å². The summed E-state index contributed by atoms with van der Waals surface area (Å²) in [4.78, 5) is 37.7. The molecule has 8 heteroatoms. The normalized spacial score (nSPS) is 15.2. The smallest absolute Gasteiger partial charge is 0.316 e. The van der Waals surface area contributed by atoms with E-state index in [9.17, 15) is 14.4 Å². The van der Waals surface area contributed by atoms with Crippen LogP contribution in [0.3, 0.4) is 0 Å². The molecule has 4 amide bonds. The van der Waals surface area contributed by atoms with Crippen molar-refractivity contribution in [1.29, 1.82) is 0 Å². The molecule has 3 N–H and O–H groups in total. The van der Waals surface area contributed by atoms with E-state index in [-0.39, 0.29) is 19.1 Å². The third kappa shape index (κ3) is 5.43. The van der Waals surface area contributed by atoms with Crippen molar-refractivity contribution in [3.63, 3.8) is 0 Å². The fourth-order valence-corrected chi connectivity index (χ4v) is 1.77. The zero-order valence-corrected chi connectivity index (χ0v) is 12.1. The first-order chi connectivity index (χ1) is 9.52. The highest BCUT2D eigenvalue weighted by Crippen LogP contribution is 1.96. The lowest BCUT2D eigenvalue weighted by Gasteiger charge is -2.19. The second kappa shape index (κ2) is 8.36. The van der Waals surface area contributed by atoms with Crippen LogP contribution < -0.4 is 16.0 Å². The van der Waals surface area contributed by atoms with Gasteiger partial charge in [0, 0.05) is 46.8 Å². The first-order valence-corrected chi connectivity index (χ1v) is 6.75. The minimum Gasteiger partial charge on any atom is -0.346 e. The van der Waals surface area contributed by atoms with Crippen LogP contribution in [0.4, 0.5) is 4.79 Å². The first kappa shape index (κ1) is 16.2. The molecular formula is C12H23N5O3. The van der Waals surface area contributed by atoms with Gasteiger partial charge in [-0.3, -0.25) is 9.59 Å². The third-order valence-corrected chi connectivity index (χ3v) is 2.91. The van der Waals surface area contributed by atoms with Crippen LogP contribution in [0.5, 0.6) is 0 Å². The highest BCUT2D eigenvalue weighted by Gasteiger charge is 2.21. The van der Waals surface area contributed by atoms with E-state index in [1.165, 1.54) is 4.90 Å². The monoisotopic (exact) mass is 285 g/mol. The van der Waals surface area contributed by atoms with Crippen molar-refractivity contribution in [2.45, 2.75) is 6.42 Å². The molecule has 1 heterocycles. The van der Waals surface area contributed by atoms with Gasteiger partial charge in [-0.1, -0.05) is 0 Å². The number of urea groups is 1. The molecule has 0 aromatic carbocycles. The van der Waals surface area contributed by atoms with Crippen LogP contribution in [0.1, 0.15) is 6.42 Å². The second-order valence-corrected chi connectivity index (χ2v) is 4.78. The van der Waals surface area contributed by atoms with Crippen molar-refractivity contribution in [3.05, 3.63) is 0 Å². The summed E-state index contributed by atoms with van der Waals surface area (Å²) in [5.74, 6) is -1.13. The Balaban J connectivity index is 2.24. The maximum Gasteiger partial charge on any atom is 0.316 e. The average Bonchev–Trinajstić information content (AvgIpc) is 2.70. The van der Waals surface area contributed by atoms with Crippen molar-refractivity contribution in [2.75, 3.05) is 53.4 Å². The van der Waals surface area contributed by atoms with Crippen molar-refractivity contribution in [1.82, 2.24) is 25.8 Å². The highest BCUT2D eigenvalue weighted by molar-refractivity contribution is 6.35. The minimum absolute atomic E-state index is 0.232. The summed E-state index contributed by atoms with van der Waals surface area (Å²) in [7, 11) is 3.26. The number of nitrogens with one attached hydrogen (secondary N) is 3. The van der Waals surface area contributed by atoms with Crippen LogP contribution in [0.15, 0.2) is 0 Å². The van der Waals surface area contributed by atoms with E-state index in [1.54, 1.807) is 19.0 Å². The molecule has 0 radical (unpaired) electrons. The molecule has 0 atom stereocenters. The summed E-state index contributed by atoms with van der Waals surface area (Å²) in [5, 5.41) is 8.28. The molecule has 1 saturated heterocycles. The molecule has 1 fully saturated rings. The molecule has 0 bridgehead atoms. The lowest BCUT2D eigenvalue weighted by Crippen LogP contribution is -2.46. The molecule has 1 aliphatic heterocycles. The molecule has 8 nitrogen and oxygen atoms in total. The molecule has 0 aromatic heterocycles. The van der Waals surface area contributed by atoms with E-state index in [1.807, 2.05) is 0 Å². The highest BCUT2D eigenvalue weighted by atomic mass is 16.2. The summed E-state index contributed by atoms with van der Waals surface area (Å²) < 4.78 is 0. The molecule has 0 aliphatic carbocycles. The standard InChI is InChI=1S/C12H23N5O3/c1-16(2)12(20)15-6-5-14-10(18)11(19)17-8-3-4-13-7-9-17/h13H,3-9H2,1-2H3,(H,14,18)(H,15,20). The zero-order chi connectivity index (χ0) is 15.0. The van der Waals surface area contributed by atoms with Gasteiger partial charge in [-0.2, -0.15) is 0 Å². The SMILES string of the molecule is CN(C)C(=O)NCCNC(=O)C(=O)N1CCCNCC1. The molecule has 1 rings (SSSR count). The van der Waals surface area contributed by atoms with Crippen LogP contribution in [-0.2, 0) is 9.59 Å². The van der Waals surface area contributed by atoms with E-state index >= 15 is 0 Å². The Morgan fingerprint density at radius 2 is 1.80 bits per heavy atom. The van der Waals surface area contributed by atoms with Gasteiger partial charge in [-0.25, -0.2) is 4.79 Å². The Kier molecular flexibility index (Phi) is 6.78. The third-order valence-electron chi connectivity index (χ3n) is 2.91. The average molecular weight is 285 g/mol. The van der Waals surface area contributed by atoms with Crippen LogP contribution in [0, 0.1) is 0 Å². The molecular weight excluding hydrogens is 262 g/mol. The van der Waals surface area contributed by atoms with Gasteiger partial charge in [-0.15, -0.1) is 0 Å². The predicted octanol–water partition coefficient (Wildman–Crippen LogP) is -1.80. The molecule has 0 aromatic rings. The van der Waals surface area contributed by atoms with E-state index in [0.717, 1.165) is 13.0 Å². The van der Waals surface area contributed by atoms with E-state index in [4.69, 9.17) is 0 Å². The van der Waals surface area contributed by atoms with Crippen molar-refractivity contribution < 1.29 is 14.4 Å². The van der Waals surface area contributed by atoms with E-state index in [0.29, 0.717) is 19.6 Å². The number of carbonyl (C=O) groups excluding carboxylic acids is 3. The van der Waals surface area contributed by atoms with Gasteiger partial charge in [0.15, 0.2) is 0 Å². The van der Waals surface area contributed by atoms with Gasteiger partial charge in [-0.05, 0) is 13.0 Å². The first-order valence-electron chi connectivity index (χ1n) is 6.75. The Morgan fingerprint density at radius 3 is 2.50 bits per heavy atom. The maximum absolute atomic E-state index is 11.9. The van der Waals surface area contributed by atoms with Crippen molar-refractivity contribution in [3.8, 4) is 0 Å². The van der Waals surface area contributed by atoms with Crippen LogP contribution in [-0.4, -0.2) is 81.0 Å². The van der Waals surface area contributed by atoms with Crippen molar-refractivity contribution in [2.24, 2.45) is 0 Å². The van der Waals surface area contributed by atoms with E-state index in [2.05, 4.69) is 16.0 Å². The largest absolute Gasteiger partial charge is 0.346 e. The van der Waals surface area contributed by atoms with Gasteiger partial charge in [0.25, 0.3) is 0 Å². The van der Waals surface area contributed by atoms with Gasteiger partial charge in [0.05, 0.1) is 0 Å². The summed E-state index contributed by atoms with van der Waals surface area (Å²) in [6.07, 6.45) is 0.845. The van der Waals surface area contributed by atoms with E-state index < -0.39 is 11.8 Å². The zero-order valence-electron chi connectivity index (χ0n) is 12.1. The summed E-state index contributed by atoms with van der Waals surface area (Å²) in [6.45, 7) is 3.23. The second-order valence-electron chi connectivity index (χ2n) is 4.78. The molecule has 114 valence electrons. The van der Waals surface area contributed by atoms with Crippen LogP contribution in [0.25, 0.3) is 0 Å². The quantitative estimate of drug-likeness (QED) is 0.421. The summed E-state index contributed by atoms with van der Waals surface area (Å²) >= 11 is 0. The number of amides is 4.